The van der Waals surface area contributed by atoms with E-state index in [2.05, 4.69) is 4.72 Å². The lowest BCUT2D eigenvalue weighted by Crippen LogP contribution is -2.28. The molecule has 0 bridgehead atoms. The quantitative estimate of drug-likeness (QED) is 0.649. The number of hydrogen-bond donors (Lipinski definition) is 3. The van der Waals surface area contributed by atoms with Gasteiger partial charge < -0.3 is 11.5 Å². The molecule has 1 amide bonds. The second-order valence-corrected chi connectivity index (χ2v) is 5.48. The van der Waals surface area contributed by atoms with Crippen LogP contribution in [0.25, 0.3) is 0 Å². The van der Waals surface area contributed by atoms with Crippen molar-refractivity contribution in [2.24, 2.45) is 5.73 Å². The molecule has 1 aromatic carbocycles. The second-order valence-electron chi connectivity index (χ2n) is 3.74. The van der Waals surface area contributed by atoms with Crippen molar-refractivity contribution in [3.63, 3.8) is 0 Å². The van der Waals surface area contributed by atoms with E-state index in [4.69, 9.17) is 11.5 Å². The number of carbonyl (C=O) groups is 1. The standard InChI is InChI=1S/C10H14FN3O3S/c1-6-8(11)4-7(12)5-9(6)18(16,17)14-3-2-10(13)15/h4-5,14H,2-3,12H2,1H3,(H2,13,15). The highest BCUT2D eigenvalue weighted by Crippen LogP contribution is 2.21. The van der Waals surface area contributed by atoms with Gasteiger partial charge in [0.05, 0.1) is 4.90 Å². The molecule has 6 nitrogen and oxygen atoms in total. The Morgan fingerprint density at radius 3 is 2.61 bits per heavy atom. The van der Waals surface area contributed by atoms with Gasteiger partial charge in [-0.1, -0.05) is 0 Å². The third kappa shape index (κ3) is 3.41. The van der Waals surface area contributed by atoms with Gasteiger partial charge in [-0.2, -0.15) is 0 Å². The van der Waals surface area contributed by atoms with E-state index in [1.165, 1.54) is 6.92 Å². The molecule has 18 heavy (non-hydrogen) atoms. The van der Waals surface area contributed by atoms with Crippen LogP contribution in [-0.4, -0.2) is 20.9 Å². The maximum absolute atomic E-state index is 13.4. The van der Waals surface area contributed by atoms with Crippen LogP contribution in [0.15, 0.2) is 17.0 Å². The van der Waals surface area contributed by atoms with Crippen molar-refractivity contribution in [1.82, 2.24) is 4.72 Å². The molecule has 100 valence electrons. The fourth-order valence-corrected chi connectivity index (χ4v) is 2.66. The molecule has 0 atom stereocenters. The van der Waals surface area contributed by atoms with Gasteiger partial charge in [-0.05, 0) is 19.1 Å². The summed E-state index contributed by atoms with van der Waals surface area (Å²) >= 11 is 0. The number of hydrogen-bond acceptors (Lipinski definition) is 4. The summed E-state index contributed by atoms with van der Waals surface area (Å²) in [6, 6.07) is 2.20. The Balaban J connectivity index is 3.02. The Morgan fingerprint density at radius 2 is 2.06 bits per heavy atom. The van der Waals surface area contributed by atoms with Crippen LogP contribution in [0.3, 0.4) is 0 Å². The number of carbonyl (C=O) groups excluding carboxylic acids is 1. The van der Waals surface area contributed by atoms with E-state index in [0.717, 1.165) is 12.1 Å². The average Bonchev–Trinajstić information content (AvgIpc) is 2.22. The first kappa shape index (κ1) is 14.4. The zero-order chi connectivity index (χ0) is 13.9. The summed E-state index contributed by atoms with van der Waals surface area (Å²) in [7, 11) is -3.91. The molecule has 0 radical (unpaired) electrons. The molecule has 0 aliphatic rings. The molecule has 8 heteroatoms. The molecule has 0 heterocycles. The summed E-state index contributed by atoms with van der Waals surface area (Å²) in [6.07, 6.45) is -0.136. The van der Waals surface area contributed by atoms with Gasteiger partial charge in [0, 0.05) is 24.2 Å². The van der Waals surface area contributed by atoms with Crippen LogP contribution in [0.1, 0.15) is 12.0 Å². The largest absolute Gasteiger partial charge is 0.399 e. The summed E-state index contributed by atoms with van der Waals surface area (Å²) < 4.78 is 39.2. The Labute approximate surface area is 104 Å². The van der Waals surface area contributed by atoms with E-state index < -0.39 is 21.7 Å². The van der Waals surface area contributed by atoms with E-state index in [1.807, 2.05) is 0 Å². The van der Waals surface area contributed by atoms with Crippen LogP contribution >= 0.6 is 0 Å². The molecule has 0 spiro atoms. The fraction of sp³-hybridized carbons (Fsp3) is 0.300. The predicted octanol–water partition coefficient (Wildman–Crippen LogP) is -0.130. The van der Waals surface area contributed by atoms with Crippen LogP contribution in [0.4, 0.5) is 10.1 Å². The molecule has 0 aromatic heterocycles. The number of nitrogens with two attached hydrogens (primary N) is 2. The van der Waals surface area contributed by atoms with E-state index >= 15 is 0 Å². The minimum absolute atomic E-state index is 0.00776. The summed E-state index contributed by atoms with van der Waals surface area (Å²) in [5.74, 6) is -1.33. The number of rotatable bonds is 5. The Morgan fingerprint density at radius 1 is 1.44 bits per heavy atom. The van der Waals surface area contributed by atoms with Gasteiger partial charge in [-0.15, -0.1) is 0 Å². The molecule has 0 unspecified atom stereocenters. The number of nitrogens with one attached hydrogen (secondary N) is 1. The highest BCUT2D eigenvalue weighted by Gasteiger charge is 2.19. The number of nitrogen functional groups attached to an aromatic ring is 1. The van der Waals surface area contributed by atoms with Crippen LogP contribution in [0.5, 0.6) is 0 Å². The second kappa shape index (κ2) is 5.32. The maximum Gasteiger partial charge on any atom is 0.241 e. The summed E-state index contributed by atoms with van der Waals surface area (Å²) in [6.45, 7) is 1.19. The number of benzene rings is 1. The first-order chi connectivity index (χ1) is 8.24. The minimum Gasteiger partial charge on any atom is -0.399 e. The molecular weight excluding hydrogens is 261 g/mol. The zero-order valence-electron chi connectivity index (χ0n) is 9.73. The van der Waals surface area contributed by atoms with Crippen molar-refractivity contribution >= 4 is 21.6 Å². The van der Waals surface area contributed by atoms with Gasteiger partial charge in [-0.3, -0.25) is 4.79 Å². The minimum atomic E-state index is -3.91. The third-order valence-corrected chi connectivity index (χ3v) is 3.86. The normalized spacial score (nSPS) is 11.4. The lowest BCUT2D eigenvalue weighted by molar-refractivity contribution is -0.117. The molecule has 0 fully saturated rings. The van der Waals surface area contributed by atoms with E-state index in [0.29, 0.717) is 0 Å². The smallest absolute Gasteiger partial charge is 0.241 e. The average molecular weight is 275 g/mol. The lowest BCUT2D eigenvalue weighted by Gasteiger charge is -2.10. The van der Waals surface area contributed by atoms with Crippen molar-refractivity contribution in [2.75, 3.05) is 12.3 Å². The topological polar surface area (TPSA) is 115 Å². The maximum atomic E-state index is 13.4. The molecule has 1 aromatic rings. The third-order valence-electron chi connectivity index (χ3n) is 2.27. The van der Waals surface area contributed by atoms with Gasteiger partial charge in [0.25, 0.3) is 0 Å². The van der Waals surface area contributed by atoms with Crippen molar-refractivity contribution < 1.29 is 17.6 Å². The predicted molar refractivity (Wildman–Crippen MR) is 64.5 cm³/mol. The summed E-state index contributed by atoms with van der Waals surface area (Å²) in [5, 5.41) is 0. The van der Waals surface area contributed by atoms with Crippen molar-refractivity contribution in [1.29, 1.82) is 0 Å². The SMILES string of the molecule is Cc1c(F)cc(N)cc1S(=O)(=O)NCCC(N)=O. The highest BCUT2D eigenvalue weighted by molar-refractivity contribution is 7.89. The van der Waals surface area contributed by atoms with E-state index in [-0.39, 0.29) is 29.1 Å². The van der Waals surface area contributed by atoms with E-state index in [1.54, 1.807) is 0 Å². The fourth-order valence-electron chi connectivity index (χ4n) is 1.34. The Bertz CT molecular complexity index is 572. The molecule has 1 rings (SSSR count). The van der Waals surface area contributed by atoms with Crippen LogP contribution in [0, 0.1) is 12.7 Å². The lowest BCUT2D eigenvalue weighted by atomic mass is 10.2. The molecule has 0 aliphatic heterocycles. The number of primary amides is 1. The van der Waals surface area contributed by atoms with Crippen LogP contribution < -0.4 is 16.2 Å². The highest BCUT2D eigenvalue weighted by atomic mass is 32.2. The monoisotopic (exact) mass is 275 g/mol. The van der Waals surface area contributed by atoms with Gasteiger partial charge >= 0.3 is 0 Å². The molecule has 0 aliphatic carbocycles. The first-order valence-corrected chi connectivity index (χ1v) is 6.56. The molecule has 5 N–H and O–H groups in total. The Hall–Kier alpha value is -1.67. The van der Waals surface area contributed by atoms with Crippen molar-refractivity contribution in [3.8, 4) is 0 Å². The summed E-state index contributed by atoms with van der Waals surface area (Å²) in [5.41, 5.74) is 10.3. The van der Waals surface area contributed by atoms with Gasteiger partial charge in [0.1, 0.15) is 5.82 Å². The number of halogens is 1. The van der Waals surface area contributed by atoms with Gasteiger partial charge in [-0.25, -0.2) is 17.5 Å². The number of sulfonamides is 1. The molecule has 0 saturated heterocycles. The number of anilines is 1. The Kier molecular flexibility index (Phi) is 4.25. The van der Waals surface area contributed by atoms with Crippen molar-refractivity contribution in [3.05, 3.63) is 23.5 Å². The van der Waals surface area contributed by atoms with Gasteiger partial charge in [0.2, 0.25) is 15.9 Å². The van der Waals surface area contributed by atoms with Crippen LogP contribution in [0.2, 0.25) is 0 Å². The first-order valence-electron chi connectivity index (χ1n) is 5.07. The zero-order valence-corrected chi connectivity index (χ0v) is 10.6. The summed E-state index contributed by atoms with van der Waals surface area (Å²) in [4.78, 5) is 10.3. The van der Waals surface area contributed by atoms with Crippen molar-refractivity contribution in [2.45, 2.75) is 18.2 Å². The molecular formula is C10H14FN3O3S. The number of amides is 1. The van der Waals surface area contributed by atoms with Crippen LogP contribution in [-0.2, 0) is 14.8 Å². The van der Waals surface area contributed by atoms with E-state index in [9.17, 15) is 17.6 Å². The molecule has 0 saturated carbocycles. The van der Waals surface area contributed by atoms with Gasteiger partial charge in [0.15, 0.2) is 0 Å².